The lowest BCUT2D eigenvalue weighted by atomic mass is 9.82. The third-order valence-corrected chi connectivity index (χ3v) is 7.81. The largest absolute Gasteiger partial charge is 0.139 e. The Balaban J connectivity index is 1.68. The number of halogens is 1. The highest BCUT2D eigenvalue weighted by Crippen LogP contribution is 2.45. The summed E-state index contributed by atoms with van der Waals surface area (Å²) in [6.45, 7) is 0. The van der Waals surface area contributed by atoms with Crippen molar-refractivity contribution in [2.24, 2.45) is 0 Å². The minimum Gasteiger partial charge on any atom is -0.0883 e. The summed E-state index contributed by atoms with van der Waals surface area (Å²) in [6, 6.07) is 44.6. The van der Waals surface area contributed by atoms with Gasteiger partial charge in [-0.2, -0.15) is 0 Å². The molecule has 7 aromatic carbocycles. The molecular formula is C34H22BBr. The van der Waals surface area contributed by atoms with Gasteiger partial charge >= 0.3 is 0 Å². The van der Waals surface area contributed by atoms with Crippen LogP contribution in [0.5, 0.6) is 0 Å². The summed E-state index contributed by atoms with van der Waals surface area (Å²) >= 11 is 3.74. The summed E-state index contributed by atoms with van der Waals surface area (Å²) in [5.41, 5.74) is 6.34. The molecule has 7 aromatic rings. The molecule has 0 heterocycles. The molecule has 7 rings (SSSR count). The maximum atomic E-state index is 3.74. The first-order chi connectivity index (χ1) is 17.7. The molecule has 0 spiro atoms. The second-order valence-electron chi connectivity index (χ2n) is 9.61. The minimum atomic E-state index is 1.10. The van der Waals surface area contributed by atoms with E-state index in [1.165, 1.54) is 70.8 Å². The van der Waals surface area contributed by atoms with Gasteiger partial charge in [-0.1, -0.05) is 118 Å². The first kappa shape index (κ1) is 21.4. The smallest absolute Gasteiger partial charge is 0.0883 e. The molecule has 36 heavy (non-hydrogen) atoms. The molecule has 0 saturated carbocycles. The Morgan fingerprint density at radius 1 is 0.417 bits per heavy atom. The van der Waals surface area contributed by atoms with Gasteiger partial charge in [0.05, 0.1) is 0 Å². The number of benzene rings is 7. The van der Waals surface area contributed by atoms with E-state index in [0.717, 1.165) is 4.47 Å². The van der Waals surface area contributed by atoms with E-state index < -0.39 is 0 Å². The van der Waals surface area contributed by atoms with Gasteiger partial charge in [0, 0.05) is 4.47 Å². The molecule has 0 N–H and O–H groups in total. The highest BCUT2D eigenvalue weighted by molar-refractivity contribution is 9.10. The monoisotopic (exact) mass is 520 g/mol. The summed E-state index contributed by atoms with van der Waals surface area (Å²) in [5.74, 6) is 0. The molecule has 0 bridgehead atoms. The van der Waals surface area contributed by atoms with Crippen molar-refractivity contribution in [3.05, 3.63) is 126 Å². The third kappa shape index (κ3) is 3.45. The second kappa shape index (κ2) is 8.36. The van der Waals surface area contributed by atoms with Gasteiger partial charge in [-0.15, -0.1) is 0 Å². The zero-order valence-electron chi connectivity index (χ0n) is 19.9. The molecule has 0 amide bonds. The summed E-state index contributed by atoms with van der Waals surface area (Å²) in [5, 5.41) is 10.2. The van der Waals surface area contributed by atoms with Gasteiger partial charge in [-0.3, -0.25) is 0 Å². The molecule has 0 aliphatic rings. The zero-order valence-corrected chi connectivity index (χ0v) is 21.5. The Morgan fingerprint density at radius 2 is 0.917 bits per heavy atom. The Hall–Kier alpha value is -3.88. The van der Waals surface area contributed by atoms with Crippen molar-refractivity contribution in [2.75, 3.05) is 0 Å². The third-order valence-electron chi connectivity index (χ3n) is 7.31. The topological polar surface area (TPSA) is 0 Å². The standard InChI is InChI=1S/C34H22BBr/c35-27-13-15-29-31(19-27)32-20-28(36)14-16-30(32)34(26-12-10-22-6-2-4-8-24(22)18-26)33(29)25-11-9-21-5-1-3-7-23(21)17-25/h1-20H,35H2. The average Bonchev–Trinajstić information content (AvgIpc) is 2.92. The van der Waals surface area contributed by atoms with E-state index in [-0.39, 0.29) is 0 Å². The van der Waals surface area contributed by atoms with E-state index in [2.05, 4.69) is 145 Å². The van der Waals surface area contributed by atoms with Crippen LogP contribution in [0, 0.1) is 0 Å². The van der Waals surface area contributed by atoms with Crippen LogP contribution >= 0.6 is 15.9 Å². The lowest BCUT2D eigenvalue weighted by molar-refractivity contribution is 1.65. The Bertz CT molecular complexity index is 1830. The quantitative estimate of drug-likeness (QED) is 0.158. The van der Waals surface area contributed by atoms with Crippen LogP contribution in [0.15, 0.2) is 126 Å². The molecule has 0 aromatic heterocycles. The summed E-state index contributed by atoms with van der Waals surface area (Å²) in [6.07, 6.45) is 0. The van der Waals surface area contributed by atoms with Gasteiger partial charge in [0.25, 0.3) is 0 Å². The van der Waals surface area contributed by atoms with E-state index in [9.17, 15) is 0 Å². The fraction of sp³-hybridized carbons (Fsp3) is 0. The maximum absolute atomic E-state index is 3.74. The molecule has 0 aliphatic carbocycles. The molecule has 0 atom stereocenters. The van der Waals surface area contributed by atoms with Crippen LogP contribution < -0.4 is 5.46 Å². The van der Waals surface area contributed by atoms with Crippen LogP contribution in [0.25, 0.3) is 65.3 Å². The maximum Gasteiger partial charge on any atom is 0.139 e. The van der Waals surface area contributed by atoms with Gasteiger partial charge in [-0.25, -0.2) is 0 Å². The molecule has 0 radical (unpaired) electrons. The molecule has 2 heteroatoms. The van der Waals surface area contributed by atoms with Crippen LogP contribution in [0.2, 0.25) is 0 Å². The van der Waals surface area contributed by atoms with Crippen molar-refractivity contribution in [3.8, 4) is 22.3 Å². The van der Waals surface area contributed by atoms with Gasteiger partial charge < -0.3 is 0 Å². The van der Waals surface area contributed by atoms with E-state index >= 15 is 0 Å². The molecule has 168 valence electrons. The second-order valence-corrected chi connectivity index (χ2v) is 10.5. The number of rotatable bonds is 2. The Morgan fingerprint density at radius 3 is 1.50 bits per heavy atom. The van der Waals surface area contributed by atoms with Crippen molar-refractivity contribution in [1.29, 1.82) is 0 Å². The van der Waals surface area contributed by atoms with E-state index in [1.54, 1.807) is 0 Å². The van der Waals surface area contributed by atoms with Crippen molar-refractivity contribution in [2.45, 2.75) is 0 Å². The van der Waals surface area contributed by atoms with E-state index in [1.807, 2.05) is 0 Å². The first-order valence-corrected chi connectivity index (χ1v) is 13.1. The summed E-state index contributed by atoms with van der Waals surface area (Å²) in [4.78, 5) is 0. The van der Waals surface area contributed by atoms with Crippen molar-refractivity contribution in [3.63, 3.8) is 0 Å². The number of hydrogen-bond donors (Lipinski definition) is 0. The van der Waals surface area contributed by atoms with Gasteiger partial charge in [0.2, 0.25) is 0 Å². The first-order valence-electron chi connectivity index (χ1n) is 12.3. The fourth-order valence-corrected chi connectivity index (χ4v) is 5.98. The van der Waals surface area contributed by atoms with E-state index in [0.29, 0.717) is 0 Å². The predicted octanol–water partition coefficient (Wildman–Crippen LogP) is 8.65. The molecular weight excluding hydrogens is 499 g/mol. The lowest BCUT2D eigenvalue weighted by Gasteiger charge is -2.20. The molecule has 0 aliphatic heterocycles. The van der Waals surface area contributed by atoms with Gasteiger partial charge in [0.15, 0.2) is 0 Å². The summed E-state index contributed by atoms with van der Waals surface area (Å²) < 4.78 is 1.10. The molecule has 0 nitrogen and oxygen atoms in total. The van der Waals surface area contributed by atoms with Crippen molar-refractivity contribution in [1.82, 2.24) is 0 Å². The summed E-state index contributed by atoms with van der Waals surface area (Å²) in [7, 11) is 2.18. The average molecular weight is 521 g/mol. The van der Waals surface area contributed by atoms with Gasteiger partial charge in [-0.05, 0) is 89.6 Å². The predicted molar refractivity (Wildman–Crippen MR) is 163 cm³/mol. The van der Waals surface area contributed by atoms with E-state index in [4.69, 9.17) is 0 Å². The lowest BCUT2D eigenvalue weighted by Crippen LogP contribution is -2.01. The van der Waals surface area contributed by atoms with Crippen LogP contribution in [0.3, 0.4) is 0 Å². The Kier molecular flexibility index (Phi) is 4.97. The minimum absolute atomic E-state index is 1.10. The van der Waals surface area contributed by atoms with Crippen LogP contribution in [0.1, 0.15) is 0 Å². The molecule has 0 saturated heterocycles. The highest BCUT2D eigenvalue weighted by atomic mass is 79.9. The SMILES string of the molecule is Bc1ccc2c(-c3ccc4ccccc4c3)c(-c3ccc4ccccc4c3)c3ccc(Br)cc3c2c1. The van der Waals surface area contributed by atoms with Crippen LogP contribution in [-0.4, -0.2) is 7.85 Å². The van der Waals surface area contributed by atoms with Crippen LogP contribution in [-0.2, 0) is 0 Å². The van der Waals surface area contributed by atoms with Crippen molar-refractivity contribution < 1.29 is 0 Å². The normalized spacial score (nSPS) is 11.6. The van der Waals surface area contributed by atoms with Gasteiger partial charge in [0.1, 0.15) is 7.85 Å². The number of hydrogen-bond acceptors (Lipinski definition) is 0. The molecule has 0 unspecified atom stereocenters. The molecule has 0 fully saturated rings. The van der Waals surface area contributed by atoms with Crippen LogP contribution in [0.4, 0.5) is 0 Å². The Labute approximate surface area is 219 Å². The van der Waals surface area contributed by atoms with Crippen molar-refractivity contribution >= 4 is 72.3 Å². The zero-order chi connectivity index (χ0) is 24.2. The highest BCUT2D eigenvalue weighted by Gasteiger charge is 2.18. The fourth-order valence-electron chi connectivity index (χ4n) is 5.61. The number of fused-ring (bicyclic) bond motifs is 5.